The number of nitrogens with zero attached hydrogens (tertiary/aromatic N) is 5. The highest BCUT2D eigenvalue weighted by Gasteiger charge is 2.24. The first-order valence-corrected chi connectivity index (χ1v) is 45.5. The van der Waals surface area contributed by atoms with Crippen molar-refractivity contribution in [2.75, 3.05) is 79.4 Å². The van der Waals surface area contributed by atoms with Gasteiger partial charge in [-0.3, -0.25) is 25.0 Å². The summed E-state index contributed by atoms with van der Waals surface area (Å²) >= 11 is 26.2. The van der Waals surface area contributed by atoms with E-state index in [0.717, 1.165) is 219 Å². The number of methoxy groups -OCH3 is 1. The van der Waals surface area contributed by atoms with Gasteiger partial charge < -0.3 is 45.2 Å². The summed E-state index contributed by atoms with van der Waals surface area (Å²) < 4.78 is 43.7. The number of hydrogen-bond acceptors (Lipinski definition) is 15. The smallest absolute Gasteiger partial charge is 0.231 e. The maximum Gasteiger partial charge on any atom is 0.231 e. The van der Waals surface area contributed by atoms with Crippen molar-refractivity contribution in [3.05, 3.63) is 340 Å². The molecule has 0 unspecified atom stereocenters. The fourth-order valence-corrected chi connectivity index (χ4v) is 19.5. The first-order chi connectivity index (χ1) is 58.2. The van der Waals surface area contributed by atoms with Crippen LogP contribution in [-0.4, -0.2) is 109 Å². The Balaban J connectivity index is 0.000000116. The van der Waals surface area contributed by atoms with Gasteiger partial charge in [0.05, 0.1) is 44.9 Å². The van der Waals surface area contributed by atoms with Crippen molar-refractivity contribution in [1.29, 1.82) is 0 Å². The van der Waals surface area contributed by atoms with Crippen LogP contribution in [0, 0.1) is 19.7 Å². The molecule has 2 aromatic heterocycles. The monoisotopic (exact) mass is 1940 g/mol. The predicted octanol–water partition coefficient (Wildman–Crippen LogP) is 22.2. The fraction of sp³-hybridized carbons (Fsp3) is 0.247. The van der Waals surface area contributed by atoms with E-state index in [2.05, 4.69) is 295 Å². The van der Waals surface area contributed by atoms with Crippen LogP contribution in [0.25, 0.3) is 31.8 Å². The Hall–Kier alpha value is -9.45. The van der Waals surface area contributed by atoms with Crippen LogP contribution >= 0.6 is 103 Å². The number of ether oxygens (including phenoxy) is 3. The quantitative estimate of drug-likeness (QED) is 0.0471. The molecule has 6 aliphatic heterocycles. The van der Waals surface area contributed by atoms with Gasteiger partial charge in [-0.25, -0.2) is 4.39 Å². The van der Waals surface area contributed by atoms with Crippen LogP contribution < -0.4 is 40.8 Å². The highest BCUT2D eigenvalue weighted by atomic mass is 79.9. The summed E-state index contributed by atoms with van der Waals surface area (Å²) in [6.07, 6.45) is 8.98. The van der Waals surface area contributed by atoms with E-state index in [9.17, 15) is 4.39 Å². The zero-order chi connectivity index (χ0) is 82.1. The Morgan fingerprint density at radius 1 is 0.412 bits per heavy atom. The highest BCUT2D eigenvalue weighted by molar-refractivity contribution is 9.11. The number of hydrogen-bond donors (Lipinski definition) is 5. The average Bonchev–Trinajstić information content (AvgIpc) is 1.67. The third kappa shape index (κ3) is 21.1. The van der Waals surface area contributed by atoms with Crippen LogP contribution in [0.3, 0.4) is 0 Å². The van der Waals surface area contributed by atoms with Gasteiger partial charge in [-0.15, -0.1) is 11.3 Å². The first kappa shape index (κ1) is 84.6. The average molecular weight is 1950 g/mol. The van der Waals surface area contributed by atoms with E-state index in [1.165, 1.54) is 99.1 Å². The van der Waals surface area contributed by atoms with Crippen LogP contribution in [0.1, 0.15) is 94.8 Å². The predicted molar refractivity (Wildman–Crippen MR) is 507 cm³/mol. The van der Waals surface area contributed by atoms with E-state index in [-0.39, 0.29) is 12.6 Å². The summed E-state index contributed by atoms with van der Waals surface area (Å²) in [5.41, 5.74) is 20.0. The Morgan fingerprint density at radius 3 is 1.50 bits per heavy atom. The molecule has 19 rings (SSSR count). The first-order valence-electron chi connectivity index (χ1n) is 40.3. The summed E-state index contributed by atoms with van der Waals surface area (Å²) in [5, 5.41) is 24.8. The molecule has 0 saturated carbocycles. The zero-order valence-electron chi connectivity index (χ0n) is 66.5. The van der Waals surface area contributed by atoms with E-state index in [1.54, 1.807) is 13.2 Å². The summed E-state index contributed by atoms with van der Waals surface area (Å²) in [5.74, 6) is 8.01. The summed E-state index contributed by atoms with van der Waals surface area (Å²) in [4.78, 5) is 22.7. The zero-order valence-corrected chi connectivity index (χ0v) is 76.0. The molecule has 11 aromatic carbocycles. The minimum absolute atomic E-state index is 0.201. The molecule has 0 amide bonds. The fourth-order valence-electron chi connectivity index (χ4n) is 15.9. The van der Waals surface area contributed by atoms with Crippen LogP contribution in [0.4, 0.5) is 4.39 Å². The number of rotatable bonds is 21. The molecular weight excluding hydrogens is 1860 g/mol. The standard InChI is InChI=1S/C21H21BrN2O.C21H19BrN2.C19H17BrN2S.C18H18BrClN2O.C18H16BrFN2O2/c1-13-14(2)25-20-16(11-17(22)12-19(13)20)8-7-15-5-3-4-6-18(15)21-23-9-10-24-21;22-18-13-16-6-2-3-7-19(16)17(14-18)10-9-15-5-1-4-8-20(15)21-23-11-12-24-21;20-16-11-14(18-15(12-16)7-10-23-18)6-5-13-3-1-2-4-17(13)19-21-8-9-22-19;1-23-16-8-7-14(19)11-13(16)6-5-12-3-2-4-15(20)17(12)18-21-9-10-22-18;19-12-8-11(17-16(9-12)23-10-24-17)4-5-13-14(2-1-3-15(13)20)18-21-6-7-22-18/h3-6,11-12H,7-10H2,1-2H3,(H,23,24);1-8,13-14H,9-12H2,(H,23,24);1-4,7,10-12H,5-6,8-9H2,(H,21,22);2-4,7-8,11H,5-6,9-10H2,1H3,(H,21,22);1-3,8-9H,4-7,10H2,(H,21,22). The van der Waals surface area contributed by atoms with Gasteiger partial charge in [0.15, 0.2) is 11.5 Å². The summed E-state index contributed by atoms with van der Waals surface area (Å²) in [6, 6.07) is 70.9. The third-order valence-corrected chi connectivity index (χ3v) is 25.4. The van der Waals surface area contributed by atoms with Gasteiger partial charge in [-0.2, -0.15) is 0 Å². The number of thiophene rings is 1. The van der Waals surface area contributed by atoms with Crippen molar-refractivity contribution in [1.82, 2.24) is 26.6 Å². The van der Waals surface area contributed by atoms with Gasteiger partial charge in [0.25, 0.3) is 0 Å². The summed E-state index contributed by atoms with van der Waals surface area (Å²) in [6.45, 7) is 13.0. The third-order valence-electron chi connectivity index (χ3n) is 21.8. The molecule has 13 aromatic rings. The minimum atomic E-state index is -0.201. The van der Waals surface area contributed by atoms with Crippen molar-refractivity contribution in [3.8, 4) is 17.2 Å². The highest BCUT2D eigenvalue weighted by Crippen LogP contribution is 2.40. The van der Waals surface area contributed by atoms with E-state index in [0.29, 0.717) is 18.4 Å². The number of benzene rings is 11. The van der Waals surface area contributed by atoms with Crippen LogP contribution in [0.2, 0.25) is 5.02 Å². The van der Waals surface area contributed by atoms with E-state index >= 15 is 0 Å². The number of aryl methyl sites for hydroxylation is 11. The van der Waals surface area contributed by atoms with E-state index in [4.69, 9.17) is 30.2 Å². The lowest BCUT2D eigenvalue weighted by Gasteiger charge is -2.13. The molecule has 608 valence electrons. The molecule has 22 heteroatoms. The van der Waals surface area contributed by atoms with Gasteiger partial charge in [0, 0.05) is 93.0 Å². The maximum absolute atomic E-state index is 14.4. The van der Waals surface area contributed by atoms with Crippen LogP contribution in [0.5, 0.6) is 17.2 Å². The lowest BCUT2D eigenvalue weighted by Crippen LogP contribution is -2.21. The number of amidine groups is 5. The maximum atomic E-state index is 14.4. The lowest BCUT2D eigenvalue weighted by atomic mass is 9.96. The number of halogens is 7. The largest absolute Gasteiger partial charge is 0.496 e. The molecule has 119 heavy (non-hydrogen) atoms. The SMILES string of the molecule is Brc1cc(CCc2ccccc2C2=NCCN2)c2ccccc2c1.Brc1cc(CCc2ccccc2C2=NCCN2)c2sccc2c1.COc1ccc(Br)cc1CCc1cccc(Cl)c1C1=NCCN1.Cc1oc2c(CCc3ccccc3C3=NCCN3)cc(Br)cc2c1C.Fc1cccc(C2=NCCN2)c1CCc1cc(Br)cc2c1OCO2. The molecule has 0 aliphatic carbocycles. The Labute approximate surface area is 745 Å². The van der Waals surface area contributed by atoms with Crippen molar-refractivity contribution in [2.24, 2.45) is 25.0 Å². The van der Waals surface area contributed by atoms with Gasteiger partial charge in [-0.1, -0.05) is 213 Å². The van der Waals surface area contributed by atoms with Gasteiger partial charge in [0.2, 0.25) is 6.79 Å². The molecule has 5 N–H and O–H groups in total. The second kappa shape index (κ2) is 40.7. The number of furan rings is 1. The molecule has 0 radical (unpaired) electrons. The molecule has 0 spiro atoms. The Bertz CT molecular complexity index is 6020. The van der Waals surface area contributed by atoms with Crippen molar-refractivity contribution < 1.29 is 23.0 Å². The topological polar surface area (TPSA) is 163 Å². The molecule has 0 atom stereocenters. The Morgan fingerprint density at radius 2 is 0.882 bits per heavy atom. The van der Waals surface area contributed by atoms with Gasteiger partial charge in [-0.05, 0) is 246 Å². The molecule has 14 nitrogen and oxygen atoms in total. The number of fused-ring (bicyclic) bond motifs is 4. The summed E-state index contributed by atoms with van der Waals surface area (Å²) in [7, 11) is 1.70. The minimum Gasteiger partial charge on any atom is -0.496 e. The normalized spacial score (nSPS) is 14.2. The van der Waals surface area contributed by atoms with Crippen LogP contribution in [-0.2, 0) is 64.2 Å². The van der Waals surface area contributed by atoms with Crippen molar-refractivity contribution in [2.45, 2.75) is 78.1 Å². The number of nitrogens with one attached hydrogen (secondary N) is 5. The van der Waals surface area contributed by atoms with Gasteiger partial charge in [0.1, 0.15) is 52.1 Å². The molecule has 6 aliphatic rings. The number of aliphatic imine (C=N–C) groups is 5. The van der Waals surface area contributed by atoms with E-state index < -0.39 is 0 Å². The van der Waals surface area contributed by atoms with Crippen LogP contribution in [0.15, 0.2) is 263 Å². The molecular formula is C97H91Br5ClFN10O4S. The molecule has 0 fully saturated rings. The Kier molecular flexibility index (Phi) is 29.0. The molecule has 8 heterocycles. The van der Waals surface area contributed by atoms with E-state index in [1.807, 2.05) is 60.7 Å². The lowest BCUT2D eigenvalue weighted by molar-refractivity contribution is 0.173. The second-order valence-corrected chi connectivity index (χ2v) is 35.4. The van der Waals surface area contributed by atoms with Crippen molar-refractivity contribution >= 4 is 164 Å². The second-order valence-electron chi connectivity index (χ2n) is 29.5. The molecule has 0 bridgehead atoms. The molecule has 0 saturated heterocycles. The van der Waals surface area contributed by atoms with Crippen molar-refractivity contribution in [3.63, 3.8) is 0 Å². The van der Waals surface area contributed by atoms with Gasteiger partial charge >= 0.3 is 0 Å².